The first-order chi connectivity index (χ1) is 12.8. The predicted octanol–water partition coefficient (Wildman–Crippen LogP) is 0.818. The van der Waals surface area contributed by atoms with E-state index in [2.05, 4.69) is 45.9 Å². The van der Waals surface area contributed by atoms with Crippen LogP contribution in [0.15, 0.2) is 36.6 Å². The van der Waals surface area contributed by atoms with Crippen LogP contribution in [0, 0.1) is 5.82 Å². The van der Waals surface area contributed by atoms with E-state index in [1.165, 1.54) is 12.1 Å². The summed E-state index contributed by atoms with van der Waals surface area (Å²) in [5.74, 6) is -1.79. The summed E-state index contributed by atoms with van der Waals surface area (Å²) in [7, 11) is -4.08. The number of halogens is 2. The maximum atomic E-state index is 13.5. The molecular formula is C13H12BrFN5NaO6S. The molecule has 0 spiro atoms. The molecule has 0 bridgehead atoms. The maximum absolute atomic E-state index is 13.5. The molecule has 0 aliphatic heterocycles. The second-order valence-corrected chi connectivity index (χ2v) is 7.66. The van der Waals surface area contributed by atoms with Gasteiger partial charge in [0.15, 0.2) is 5.69 Å². The molecule has 2 aromatic heterocycles. The Balaban J connectivity index is 0.00000280. The van der Waals surface area contributed by atoms with Gasteiger partial charge >= 0.3 is 35.3 Å². The van der Waals surface area contributed by atoms with Gasteiger partial charge in [-0.25, -0.2) is 18.4 Å². The average molecular weight is 488 g/mol. The Bertz CT molecular complexity index is 1130. The van der Waals surface area contributed by atoms with E-state index in [0.29, 0.717) is 0 Å². The molecule has 3 aromatic rings. The molecule has 0 fully saturated rings. The van der Waals surface area contributed by atoms with Crippen LogP contribution in [-0.2, 0) is 10.1 Å². The van der Waals surface area contributed by atoms with Crippen molar-refractivity contribution in [1.82, 2.24) is 20.0 Å². The summed E-state index contributed by atoms with van der Waals surface area (Å²) in [4.78, 5) is 12.0. The second-order valence-electron chi connectivity index (χ2n) is 5.23. The molecule has 0 saturated heterocycles. The van der Waals surface area contributed by atoms with Crippen molar-refractivity contribution in [3.63, 3.8) is 0 Å². The van der Waals surface area contributed by atoms with Crippen molar-refractivity contribution in [1.29, 1.82) is 0 Å². The van der Waals surface area contributed by atoms with Gasteiger partial charge in [0.1, 0.15) is 5.82 Å². The van der Waals surface area contributed by atoms with Crippen LogP contribution in [-0.4, -0.2) is 74.9 Å². The Morgan fingerprint density at radius 3 is 2.71 bits per heavy atom. The number of aromatic nitrogens is 4. The van der Waals surface area contributed by atoms with Crippen LogP contribution in [0.2, 0.25) is 0 Å². The first-order valence-corrected chi connectivity index (χ1v) is 9.72. The molecule has 3 rings (SSSR count). The van der Waals surface area contributed by atoms with Gasteiger partial charge in [0.2, 0.25) is 11.6 Å². The number of hydrogen-bond acceptors (Lipinski definition) is 9. The molecule has 11 nitrogen and oxygen atoms in total. The zero-order valence-electron chi connectivity index (χ0n) is 13.3. The molecule has 2 N–H and O–H groups in total. The molecule has 0 radical (unpaired) electrons. The Hall–Kier alpha value is -1.58. The third-order valence-corrected chi connectivity index (χ3v) is 4.75. The first-order valence-electron chi connectivity index (χ1n) is 7.32. The van der Waals surface area contributed by atoms with Crippen molar-refractivity contribution < 1.29 is 26.5 Å². The molecule has 0 amide bonds. The minimum absolute atomic E-state index is 0. The molecule has 1 aromatic carbocycles. The van der Waals surface area contributed by atoms with Crippen LogP contribution >= 0.6 is 15.9 Å². The summed E-state index contributed by atoms with van der Waals surface area (Å²) < 4.78 is 54.1. The van der Waals surface area contributed by atoms with E-state index >= 15 is 0 Å². The van der Waals surface area contributed by atoms with Crippen molar-refractivity contribution in [3.8, 4) is 17.2 Å². The van der Waals surface area contributed by atoms with E-state index in [1.807, 2.05) is 0 Å². The first kappa shape index (κ1) is 22.7. The molecule has 0 aliphatic carbocycles. The van der Waals surface area contributed by atoms with Crippen molar-refractivity contribution in [2.24, 2.45) is 0 Å². The van der Waals surface area contributed by atoms with Crippen molar-refractivity contribution in [3.05, 3.63) is 39.0 Å². The number of nitrogens with zero attached hydrogens (tertiary/aromatic N) is 4. The molecule has 0 atom stereocenters. The van der Waals surface area contributed by atoms with Gasteiger partial charge in [-0.1, -0.05) is 5.16 Å². The topological polar surface area (TPSA) is 153 Å². The van der Waals surface area contributed by atoms with Gasteiger partial charge in [0.05, 0.1) is 15.9 Å². The number of anilines is 1. The van der Waals surface area contributed by atoms with Crippen LogP contribution in [0.25, 0.3) is 17.2 Å². The van der Waals surface area contributed by atoms with E-state index < -0.39 is 27.4 Å². The van der Waals surface area contributed by atoms with Crippen molar-refractivity contribution in [2.75, 3.05) is 17.6 Å². The monoisotopic (exact) mass is 487 g/mol. The standard InChI is InChI=1S/C13H11BrFN5O6S.Na.H/c14-8-6-7(2-3-9(8)15)20-12(19-25-13(20)21)10-11(18-26-17-10)16-4-1-5-27(22,23)24;;/h2-3,6H,1,4-5H2,(H,16,18)(H,22,23,24);;. The number of hydrogen-bond donors (Lipinski definition) is 2. The van der Waals surface area contributed by atoms with Gasteiger partial charge in [-0.15, -0.1) is 0 Å². The number of nitrogens with one attached hydrogen (secondary N) is 1. The molecule has 146 valence electrons. The summed E-state index contributed by atoms with van der Waals surface area (Å²) in [6.07, 6.45) is 0.0850. The van der Waals surface area contributed by atoms with Crippen molar-refractivity contribution >= 4 is 61.4 Å². The summed E-state index contributed by atoms with van der Waals surface area (Å²) in [6.45, 7) is 0.116. The fraction of sp³-hybridized carbons (Fsp3) is 0.231. The van der Waals surface area contributed by atoms with Gasteiger partial charge in [-0.2, -0.15) is 8.42 Å². The number of benzene rings is 1. The van der Waals surface area contributed by atoms with Gasteiger partial charge < -0.3 is 5.32 Å². The predicted molar refractivity (Wildman–Crippen MR) is 99.7 cm³/mol. The van der Waals surface area contributed by atoms with E-state index in [0.717, 1.165) is 10.6 Å². The van der Waals surface area contributed by atoms with Gasteiger partial charge in [0.25, 0.3) is 10.1 Å². The quantitative estimate of drug-likeness (QED) is 0.278. The minimum atomic E-state index is -4.08. The Labute approximate surface area is 187 Å². The molecular weight excluding hydrogens is 476 g/mol. The van der Waals surface area contributed by atoms with E-state index in [1.54, 1.807) is 0 Å². The molecule has 15 heteroatoms. The van der Waals surface area contributed by atoms with Gasteiger partial charge in [0, 0.05) is 6.54 Å². The molecule has 0 saturated carbocycles. The van der Waals surface area contributed by atoms with E-state index in [-0.39, 0.29) is 70.0 Å². The summed E-state index contributed by atoms with van der Waals surface area (Å²) >= 11 is 3.03. The Kier molecular flexibility index (Phi) is 7.52. The fourth-order valence-electron chi connectivity index (χ4n) is 2.16. The number of rotatable bonds is 7. The van der Waals surface area contributed by atoms with Crippen molar-refractivity contribution in [2.45, 2.75) is 6.42 Å². The van der Waals surface area contributed by atoms with Crippen LogP contribution in [0.3, 0.4) is 0 Å². The summed E-state index contributed by atoms with van der Waals surface area (Å²) in [5.41, 5.74) is 0.276. The third kappa shape index (κ3) is 5.27. The van der Waals surface area contributed by atoms with E-state index in [9.17, 15) is 17.6 Å². The Morgan fingerprint density at radius 1 is 1.29 bits per heavy atom. The van der Waals surface area contributed by atoms with Crippen LogP contribution in [0.4, 0.5) is 10.2 Å². The normalized spacial score (nSPS) is 11.2. The van der Waals surface area contributed by atoms with Crippen LogP contribution in [0.1, 0.15) is 6.42 Å². The average Bonchev–Trinajstić information content (AvgIpc) is 3.19. The Morgan fingerprint density at radius 2 is 2.04 bits per heavy atom. The summed E-state index contributed by atoms with van der Waals surface area (Å²) in [6, 6.07) is 3.84. The zero-order chi connectivity index (χ0) is 19.6. The van der Waals surface area contributed by atoms with Gasteiger partial charge in [-0.05, 0) is 50.9 Å². The second kappa shape index (κ2) is 9.28. The van der Waals surface area contributed by atoms with Gasteiger partial charge in [-0.3, -0.25) is 9.08 Å². The fourth-order valence-corrected chi connectivity index (χ4v) is 3.04. The van der Waals surface area contributed by atoms with Crippen LogP contribution < -0.4 is 11.1 Å². The van der Waals surface area contributed by atoms with E-state index in [4.69, 9.17) is 4.55 Å². The summed E-state index contributed by atoms with van der Waals surface area (Å²) in [5, 5.41) is 13.7. The SMILES string of the molecule is O=c1onc(-c2nonc2NCCCS(=O)(=O)O)n1-c1ccc(F)c(Br)c1.[NaH]. The molecule has 2 heterocycles. The molecule has 0 unspecified atom stereocenters. The third-order valence-electron chi connectivity index (χ3n) is 3.34. The van der Waals surface area contributed by atoms with Crippen LogP contribution in [0.5, 0.6) is 0 Å². The molecule has 0 aliphatic rings. The zero-order valence-corrected chi connectivity index (χ0v) is 15.7. The molecule has 28 heavy (non-hydrogen) atoms.